The summed E-state index contributed by atoms with van der Waals surface area (Å²) in [6, 6.07) is 76.0. The smallest absolute Gasteiger partial charge is 0.164 e. The van der Waals surface area contributed by atoms with E-state index in [4.69, 9.17) is 15.0 Å². The lowest BCUT2D eigenvalue weighted by Gasteiger charge is -2.13. The lowest BCUT2D eigenvalue weighted by Crippen LogP contribution is -2.01. The van der Waals surface area contributed by atoms with Gasteiger partial charge < -0.3 is 0 Å². The van der Waals surface area contributed by atoms with E-state index in [0.29, 0.717) is 17.5 Å². The van der Waals surface area contributed by atoms with Gasteiger partial charge >= 0.3 is 0 Å². The maximum atomic E-state index is 5.28. The molecule has 9 aromatic carbocycles. The van der Waals surface area contributed by atoms with Gasteiger partial charge in [-0.25, -0.2) is 15.0 Å². The Morgan fingerprint density at radius 2 is 0.823 bits per heavy atom. The normalized spacial score (nSPS) is 11.8. The van der Waals surface area contributed by atoms with Gasteiger partial charge in [0.25, 0.3) is 0 Å². The minimum atomic E-state index is 0.642. The first kappa shape index (κ1) is 36.1. The first-order valence-corrected chi connectivity index (χ1v) is 21.9. The van der Waals surface area contributed by atoms with Crippen LogP contribution in [0.25, 0.3) is 110 Å². The predicted molar refractivity (Wildman–Crippen MR) is 259 cm³/mol. The summed E-state index contributed by atoms with van der Waals surface area (Å²) < 4.78 is 2.64. The molecule has 3 nitrogen and oxygen atoms in total. The summed E-state index contributed by atoms with van der Waals surface area (Å²) in [4.78, 5) is 15.6. The van der Waals surface area contributed by atoms with Crippen LogP contribution in [0.2, 0.25) is 0 Å². The minimum Gasteiger partial charge on any atom is -0.208 e. The molecule has 0 saturated carbocycles. The van der Waals surface area contributed by atoms with Gasteiger partial charge in [-0.2, -0.15) is 0 Å². The number of nitrogens with zero attached hydrogens (tertiary/aromatic N) is 3. The van der Waals surface area contributed by atoms with Crippen LogP contribution in [0.15, 0.2) is 212 Å². The molecule has 0 unspecified atom stereocenters. The number of aromatic nitrogens is 3. The molecular formula is C58H37N3S. The SMILES string of the molecule is c1ccc(-c2ccc3c(c2)-c2c(cccc2-c2nc(-c4ccccc4)nc(-c4cccc(-c5cccc(-c6cccc(-c7cccc8c7sc7ccccc78)c6)c5)c4)n2)C3)cc1. The van der Waals surface area contributed by atoms with E-state index in [0.717, 1.165) is 34.2 Å². The van der Waals surface area contributed by atoms with E-state index in [1.54, 1.807) is 0 Å². The van der Waals surface area contributed by atoms with Crippen LogP contribution in [0.1, 0.15) is 11.1 Å². The van der Waals surface area contributed by atoms with E-state index in [1.165, 1.54) is 75.8 Å². The molecule has 0 saturated heterocycles. The van der Waals surface area contributed by atoms with Crippen LogP contribution in [0, 0.1) is 0 Å². The summed E-state index contributed by atoms with van der Waals surface area (Å²) >= 11 is 1.87. The second-order valence-electron chi connectivity index (χ2n) is 15.9. The topological polar surface area (TPSA) is 38.7 Å². The van der Waals surface area contributed by atoms with Gasteiger partial charge in [0.1, 0.15) is 0 Å². The van der Waals surface area contributed by atoms with E-state index in [-0.39, 0.29) is 0 Å². The van der Waals surface area contributed by atoms with Crippen molar-refractivity contribution in [3.05, 3.63) is 223 Å². The Labute approximate surface area is 364 Å². The third-order valence-electron chi connectivity index (χ3n) is 12.2. The molecule has 0 spiro atoms. The molecule has 0 bridgehead atoms. The largest absolute Gasteiger partial charge is 0.208 e. The standard InChI is InChI=1S/C58H37N3S/c1-3-14-37(15-4-1)43-30-31-45-35-46-23-12-28-51(54(46)52(45)36-43)58-60-56(38-16-5-2-6-17-38)59-57(61-58)47-24-11-21-42(34-47)40-19-9-18-39(32-40)41-20-10-22-44(33-41)48-26-13-27-50-49-25-7-8-29-53(49)62-55(48)50/h1-34,36H,35H2. The molecule has 11 aromatic rings. The van der Waals surface area contributed by atoms with Gasteiger partial charge in [0, 0.05) is 36.9 Å². The lowest BCUT2D eigenvalue weighted by atomic mass is 9.95. The molecule has 1 aliphatic carbocycles. The van der Waals surface area contributed by atoms with Gasteiger partial charge in [0.2, 0.25) is 0 Å². The zero-order valence-electron chi connectivity index (χ0n) is 33.7. The van der Waals surface area contributed by atoms with Crippen LogP contribution in [-0.4, -0.2) is 15.0 Å². The molecule has 4 heteroatoms. The van der Waals surface area contributed by atoms with E-state index >= 15 is 0 Å². The Balaban J connectivity index is 0.931. The van der Waals surface area contributed by atoms with Gasteiger partial charge in [0.05, 0.1) is 0 Å². The summed E-state index contributed by atoms with van der Waals surface area (Å²) in [5.74, 6) is 1.96. The van der Waals surface area contributed by atoms with Crippen LogP contribution in [0.3, 0.4) is 0 Å². The fraction of sp³-hybridized carbons (Fsp3) is 0.0172. The van der Waals surface area contributed by atoms with Crippen molar-refractivity contribution in [3.8, 4) is 89.8 Å². The van der Waals surface area contributed by atoms with E-state index in [2.05, 4.69) is 194 Å². The van der Waals surface area contributed by atoms with Crippen LogP contribution in [0.4, 0.5) is 0 Å². The van der Waals surface area contributed by atoms with Crippen molar-refractivity contribution in [3.63, 3.8) is 0 Å². The Bertz CT molecular complexity index is 3500. The first-order chi connectivity index (χ1) is 30.7. The highest BCUT2D eigenvalue weighted by atomic mass is 32.1. The summed E-state index contributed by atoms with van der Waals surface area (Å²) in [6.45, 7) is 0. The molecule has 12 rings (SSSR count). The zero-order chi connectivity index (χ0) is 41.0. The van der Waals surface area contributed by atoms with Crippen molar-refractivity contribution in [2.75, 3.05) is 0 Å². The molecule has 1 aliphatic rings. The molecule has 2 aromatic heterocycles. The molecule has 0 aliphatic heterocycles. The minimum absolute atomic E-state index is 0.642. The van der Waals surface area contributed by atoms with Crippen LogP contribution >= 0.6 is 11.3 Å². The highest BCUT2D eigenvalue weighted by molar-refractivity contribution is 7.26. The molecule has 0 radical (unpaired) electrons. The number of rotatable bonds is 7. The number of thiophene rings is 1. The van der Waals surface area contributed by atoms with Gasteiger partial charge in [-0.3, -0.25) is 0 Å². The van der Waals surface area contributed by atoms with Gasteiger partial charge in [-0.1, -0.05) is 182 Å². The maximum Gasteiger partial charge on any atom is 0.164 e. The van der Waals surface area contributed by atoms with E-state index in [1.807, 2.05) is 29.5 Å². The molecular weight excluding hydrogens is 771 g/mol. The third kappa shape index (κ3) is 6.40. The second kappa shape index (κ2) is 15.0. The Morgan fingerprint density at radius 3 is 1.58 bits per heavy atom. The number of hydrogen-bond donors (Lipinski definition) is 0. The quantitative estimate of drug-likeness (QED) is 0.161. The van der Waals surface area contributed by atoms with Crippen molar-refractivity contribution in [1.29, 1.82) is 0 Å². The highest BCUT2D eigenvalue weighted by Crippen LogP contribution is 2.45. The third-order valence-corrected chi connectivity index (χ3v) is 13.4. The maximum absolute atomic E-state index is 5.28. The zero-order valence-corrected chi connectivity index (χ0v) is 34.5. The van der Waals surface area contributed by atoms with Crippen LogP contribution in [0.5, 0.6) is 0 Å². The Kier molecular flexibility index (Phi) is 8.75. The summed E-state index contributed by atoms with van der Waals surface area (Å²) in [5.41, 5.74) is 17.4. The van der Waals surface area contributed by atoms with Gasteiger partial charge in [0.15, 0.2) is 17.5 Å². The average molecular weight is 808 g/mol. The van der Waals surface area contributed by atoms with Gasteiger partial charge in [-0.05, 0) is 104 Å². The van der Waals surface area contributed by atoms with E-state index < -0.39 is 0 Å². The molecule has 0 atom stereocenters. The van der Waals surface area contributed by atoms with Gasteiger partial charge in [-0.15, -0.1) is 11.3 Å². The molecule has 0 amide bonds. The summed E-state index contributed by atoms with van der Waals surface area (Å²) in [6.07, 6.45) is 0.880. The molecule has 290 valence electrons. The molecule has 2 heterocycles. The monoisotopic (exact) mass is 807 g/mol. The number of hydrogen-bond acceptors (Lipinski definition) is 4. The Hall–Kier alpha value is -7.79. The van der Waals surface area contributed by atoms with Crippen molar-refractivity contribution in [2.24, 2.45) is 0 Å². The molecule has 62 heavy (non-hydrogen) atoms. The highest BCUT2D eigenvalue weighted by Gasteiger charge is 2.25. The fourth-order valence-corrected chi connectivity index (χ4v) is 10.4. The summed E-state index contributed by atoms with van der Waals surface area (Å²) in [7, 11) is 0. The fourth-order valence-electron chi connectivity index (χ4n) is 9.13. The lowest BCUT2D eigenvalue weighted by molar-refractivity contribution is 1.07. The average Bonchev–Trinajstić information content (AvgIpc) is 3.93. The number of fused-ring (bicyclic) bond motifs is 6. The van der Waals surface area contributed by atoms with Crippen molar-refractivity contribution in [1.82, 2.24) is 15.0 Å². The molecule has 0 N–H and O–H groups in total. The van der Waals surface area contributed by atoms with Crippen LogP contribution in [-0.2, 0) is 6.42 Å². The first-order valence-electron chi connectivity index (χ1n) is 21.0. The number of benzene rings is 9. The Morgan fingerprint density at radius 1 is 0.306 bits per heavy atom. The molecule has 0 fully saturated rings. The van der Waals surface area contributed by atoms with Crippen molar-refractivity contribution in [2.45, 2.75) is 6.42 Å². The van der Waals surface area contributed by atoms with Crippen LogP contribution < -0.4 is 0 Å². The van der Waals surface area contributed by atoms with Crippen molar-refractivity contribution >= 4 is 31.5 Å². The van der Waals surface area contributed by atoms with Crippen molar-refractivity contribution < 1.29 is 0 Å². The predicted octanol–water partition coefficient (Wildman–Crippen LogP) is 15.5. The summed E-state index contributed by atoms with van der Waals surface area (Å²) in [5, 5.41) is 2.63. The van der Waals surface area contributed by atoms with E-state index in [9.17, 15) is 0 Å². The second-order valence-corrected chi connectivity index (χ2v) is 17.0.